The van der Waals surface area contributed by atoms with Gasteiger partial charge in [-0.1, -0.05) is 0 Å². The first-order chi connectivity index (χ1) is 12.8. The third-order valence-corrected chi connectivity index (χ3v) is 4.94. The van der Waals surface area contributed by atoms with Gasteiger partial charge >= 0.3 is 0 Å². The van der Waals surface area contributed by atoms with Crippen molar-refractivity contribution in [3.63, 3.8) is 0 Å². The fourth-order valence-electron chi connectivity index (χ4n) is 2.19. The van der Waals surface area contributed by atoms with Crippen molar-refractivity contribution in [2.45, 2.75) is 4.90 Å². The Morgan fingerprint density at radius 2 is 1.67 bits per heavy atom. The summed E-state index contributed by atoms with van der Waals surface area (Å²) in [4.78, 5) is 15.9. The fourth-order valence-corrected chi connectivity index (χ4v) is 3.25. The van der Waals surface area contributed by atoms with Crippen molar-refractivity contribution >= 4 is 27.4 Å². The highest BCUT2D eigenvalue weighted by molar-refractivity contribution is 7.92. The lowest BCUT2D eigenvalue weighted by atomic mass is 10.2. The first kappa shape index (κ1) is 18.3. The zero-order chi connectivity index (χ0) is 19.4. The smallest absolute Gasteiger partial charge is 0.261 e. The first-order valence-electron chi connectivity index (χ1n) is 7.69. The van der Waals surface area contributed by atoms with Crippen molar-refractivity contribution in [1.82, 2.24) is 4.98 Å². The van der Waals surface area contributed by atoms with Crippen LogP contribution in [-0.4, -0.2) is 24.4 Å². The molecule has 3 N–H and O–H groups in total. The molecule has 0 unspecified atom stereocenters. The molecule has 0 saturated heterocycles. The van der Waals surface area contributed by atoms with E-state index in [2.05, 4.69) is 15.0 Å². The second-order valence-electron chi connectivity index (χ2n) is 5.46. The van der Waals surface area contributed by atoms with E-state index in [-0.39, 0.29) is 27.7 Å². The number of amides is 1. The number of halogens is 1. The van der Waals surface area contributed by atoms with Crippen LogP contribution in [0.2, 0.25) is 0 Å². The maximum atomic E-state index is 12.9. The van der Waals surface area contributed by atoms with Crippen molar-refractivity contribution in [3.05, 3.63) is 78.2 Å². The van der Waals surface area contributed by atoms with Crippen molar-refractivity contribution in [3.8, 4) is 5.75 Å². The van der Waals surface area contributed by atoms with E-state index in [0.29, 0.717) is 0 Å². The third-order valence-electron chi connectivity index (χ3n) is 3.54. The van der Waals surface area contributed by atoms with Gasteiger partial charge in [-0.3, -0.25) is 9.52 Å². The molecule has 9 heteroatoms. The lowest BCUT2D eigenvalue weighted by molar-refractivity contribution is 0.102. The van der Waals surface area contributed by atoms with Gasteiger partial charge in [0.2, 0.25) is 0 Å². The Labute approximate surface area is 154 Å². The van der Waals surface area contributed by atoms with Crippen molar-refractivity contribution < 1.29 is 22.7 Å². The van der Waals surface area contributed by atoms with E-state index >= 15 is 0 Å². The average molecular weight is 387 g/mol. The number of hydrogen-bond acceptors (Lipinski definition) is 5. The molecule has 138 valence electrons. The van der Waals surface area contributed by atoms with Crippen molar-refractivity contribution in [2.24, 2.45) is 0 Å². The molecule has 0 spiro atoms. The highest BCUT2D eigenvalue weighted by Gasteiger charge is 2.15. The minimum absolute atomic E-state index is 0.0172. The Morgan fingerprint density at radius 3 is 2.30 bits per heavy atom. The number of aromatic hydroxyl groups is 1. The molecule has 0 aliphatic carbocycles. The average Bonchev–Trinajstić information content (AvgIpc) is 2.64. The number of hydrogen-bond donors (Lipinski definition) is 3. The molecule has 7 nitrogen and oxygen atoms in total. The van der Waals surface area contributed by atoms with Crippen LogP contribution in [0.15, 0.2) is 71.8 Å². The van der Waals surface area contributed by atoms with Gasteiger partial charge in [0.25, 0.3) is 15.9 Å². The van der Waals surface area contributed by atoms with E-state index < -0.39 is 21.7 Å². The number of carbonyl (C=O) groups is 1. The van der Waals surface area contributed by atoms with Gasteiger partial charge in [0.05, 0.1) is 4.90 Å². The second kappa shape index (κ2) is 7.42. The lowest BCUT2D eigenvalue weighted by Gasteiger charge is -2.09. The molecule has 1 heterocycles. The number of sulfonamides is 1. The summed E-state index contributed by atoms with van der Waals surface area (Å²) in [6.45, 7) is 0. The van der Waals surface area contributed by atoms with Crippen LogP contribution in [0.25, 0.3) is 0 Å². The van der Waals surface area contributed by atoms with E-state index in [0.717, 1.165) is 24.3 Å². The largest absolute Gasteiger partial charge is 0.504 e. The summed E-state index contributed by atoms with van der Waals surface area (Å²) in [7, 11) is -3.88. The normalized spacial score (nSPS) is 11.0. The van der Waals surface area contributed by atoms with Gasteiger partial charge < -0.3 is 10.4 Å². The Balaban J connectivity index is 1.72. The van der Waals surface area contributed by atoms with Crippen LogP contribution >= 0.6 is 0 Å². The van der Waals surface area contributed by atoms with E-state index in [1.807, 2.05) is 0 Å². The maximum Gasteiger partial charge on any atom is 0.261 e. The van der Waals surface area contributed by atoms with E-state index in [9.17, 15) is 22.7 Å². The summed E-state index contributed by atoms with van der Waals surface area (Å²) < 4.78 is 39.8. The molecule has 0 radical (unpaired) electrons. The van der Waals surface area contributed by atoms with Gasteiger partial charge in [0.1, 0.15) is 5.82 Å². The van der Waals surface area contributed by atoms with Crippen LogP contribution in [0.1, 0.15) is 10.4 Å². The fraction of sp³-hybridized carbons (Fsp3) is 0. The summed E-state index contributed by atoms with van der Waals surface area (Å²) in [5.74, 6) is -1.21. The number of aromatic nitrogens is 1. The predicted molar refractivity (Wildman–Crippen MR) is 97.5 cm³/mol. The SMILES string of the molecule is O=C(Nc1ncccc1O)c1ccc(NS(=O)(=O)c2ccc(F)cc2)cc1. The minimum Gasteiger partial charge on any atom is -0.504 e. The summed E-state index contributed by atoms with van der Waals surface area (Å²) in [6, 6.07) is 13.0. The minimum atomic E-state index is -3.88. The number of benzene rings is 2. The molecule has 2 aromatic carbocycles. The molecule has 0 atom stereocenters. The third kappa shape index (κ3) is 4.39. The molecule has 3 aromatic rings. The quantitative estimate of drug-likeness (QED) is 0.624. The standard InChI is InChI=1S/C18H14FN3O4S/c19-13-5-9-15(10-6-13)27(25,26)22-14-7-3-12(4-8-14)18(24)21-17-16(23)2-1-11-20-17/h1-11,22-23H,(H,20,21,24). The monoisotopic (exact) mass is 387 g/mol. The zero-order valence-corrected chi connectivity index (χ0v) is 14.6. The molecule has 0 saturated carbocycles. The highest BCUT2D eigenvalue weighted by atomic mass is 32.2. The summed E-state index contributed by atoms with van der Waals surface area (Å²) in [6.07, 6.45) is 1.42. The molecular weight excluding hydrogens is 373 g/mol. The lowest BCUT2D eigenvalue weighted by Crippen LogP contribution is -2.14. The number of carbonyl (C=O) groups excluding carboxylic acids is 1. The molecule has 1 aromatic heterocycles. The molecule has 27 heavy (non-hydrogen) atoms. The number of nitrogens with zero attached hydrogens (tertiary/aromatic N) is 1. The first-order valence-corrected chi connectivity index (χ1v) is 9.17. The molecule has 1 amide bonds. The topological polar surface area (TPSA) is 108 Å². The molecule has 3 rings (SSSR count). The highest BCUT2D eigenvalue weighted by Crippen LogP contribution is 2.20. The van der Waals surface area contributed by atoms with Crippen LogP contribution < -0.4 is 10.0 Å². The van der Waals surface area contributed by atoms with Crippen molar-refractivity contribution in [2.75, 3.05) is 10.0 Å². The number of pyridine rings is 1. The predicted octanol–water partition coefficient (Wildman–Crippen LogP) is 2.98. The van der Waals surface area contributed by atoms with Gasteiger partial charge in [-0.05, 0) is 60.7 Å². The van der Waals surface area contributed by atoms with Crippen LogP contribution in [0.4, 0.5) is 15.9 Å². The molecular formula is C18H14FN3O4S. The zero-order valence-electron chi connectivity index (χ0n) is 13.8. The maximum absolute atomic E-state index is 12.9. The van der Waals surface area contributed by atoms with Crippen molar-refractivity contribution in [1.29, 1.82) is 0 Å². The van der Waals surface area contributed by atoms with Gasteiger partial charge in [0.15, 0.2) is 11.6 Å². The van der Waals surface area contributed by atoms with E-state index in [4.69, 9.17) is 0 Å². The molecule has 0 fully saturated rings. The molecule has 0 aliphatic rings. The number of anilines is 2. The Hall–Kier alpha value is -3.46. The summed E-state index contributed by atoms with van der Waals surface area (Å²) in [5.41, 5.74) is 0.473. The Bertz CT molecular complexity index is 1070. The van der Waals surface area contributed by atoms with Crippen LogP contribution in [0, 0.1) is 5.82 Å². The Kier molecular flexibility index (Phi) is 5.04. The second-order valence-corrected chi connectivity index (χ2v) is 7.14. The van der Waals surface area contributed by atoms with Crippen LogP contribution in [-0.2, 0) is 10.0 Å². The van der Waals surface area contributed by atoms with E-state index in [1.54, 1.807) is 0 Å². The van der Waals surface area contributed by atoms with Gasteiger partial charge in [-0.2, -0.15) is 0 Å². The number of nitrogens with one attached hydrogen (secondary N) is 2. The van der Waals surface area contributed by atoms with Crippen LogP contribution in [0.3, 0.4) is 0 Å². The van der Waals surface area contributed by atoms with Crippen LogP contribution in [0.5, 0.6) is 5.75 Å². The molecule has 0 bridgehead atoms. The summed E-state index contributed by atoms with van der Waals surface area (Å²) >= 11 is 0. The Morgan fingerprint density at radius 1 is 1.00 bits per heavy atom. The summed E-state index contributed by atoms with van der Waals surface area (Å²) in [5, 5.41) is 12.1. The van der Waals surface area contributed by atoms with E-state index in [1.165, 1.54) is 42.6 Å². The molecule has 0 aliphatic heterocycles. The van der Waals surface area contributed by atoms with Gasteiger partial charge in [-0.15, -0.1) is 0 Å². The van der Waals surface area contributed by atoms with Gasteiger partial charge in [0, 0.05) is 17.4 Å². The number of rotatable bonds is 5. The van der Waals surface area contributed by atoms with Gasteiger partial charge in [-0.25, -0.2) is 17.8 Å².